The fraction of sp³-hybridized carbons (Fsp3) is 0.522. The van der Waals surface area contributed by atoms with E-state index >= 15 is 0 Å². The van der Waals surface area contributed by atoms with E-state index in [2.05, 4.69) is 59.2 Å². The van der Waals surface area contributed by atoms with E-state index in [0.29, 0.717) is 5.41 Å². The Hall–Kier alpha value is -1.52. The standard InChI is InChI=1S/C23H27N3S.ClH/c1-25(2)19-5-3-4-18(9-19)20-14-27-22-24-21(13-26(20)22)23-10-15-6-16(11-23)8-17(7-15)12-23;/h3-5,9,13-17H,6-8,10-12H2,1-2H3;1H. The van der Waals surface area contributed by atoms with Gasteiger partial charge in [0.2, 0.25) is 0 Å². The van der Waals surface area contributed by atoms with Gasteiger partial charge in [0.05, 0.1) is 11.4 Å². The number of halogens is 1. The maximum Gasteiger partial charge on any atom is 0.194 e. The highest BCUT2D eigenvalue weighted by Gasteiger charge is 2.52. The van der Waals surface area contributed by atoms with Crippen LogP contribution in [0, 0.1) is 17.8 Å². The van der Waals surface area contributed by atoms with Gasteiger partial charge in [0.1, 0.15) is 0 Å². The molecule has 28 heavy (non-hydrogen) atoms. The second kappa shape index (κ2) is 6.50. The molecule has 4 fully saturated rings. The molecule has 4 bridgehead atoms. The molecule has 0 amide bonds. The Morgan fingerprint density at radius 1 is 1.07 bits per heavy atom. The van der Waals surface area contributed by atoms with E-state index in [4.69, 9.17) is 4.98 Å². The Balaban J connectivity index is 0.00000171. The van der Waals surface area contributed by atoms with Crippen molar-refractivity contribution >= 4 is 34.4 Å². The summed E-state index contributed by atoms with van der Waals surface area (Å²) < 4.78 is 2.35. The maximum atomic E-state index is 5.18. The first-order valence-electron chi connectivity index (χ1n) is 10.3. The number of benzene rings is 1. The number of nitrogens with zero attached hydrogens (tertiary/aromatic N) is 3. The molecule has 0 spiro atoms. The van der Waals surface area contributed by atoms with Crippen molar-refractivity contribution in [3.05, 3.63) is 41.5 Å². The van der Waals surface area contributed by atoms with Gasteiger partial charge in [-0.25, -0.2) is 4.98 Å². The normalized spacial score (nSPS) is 30.6. The van der Waals surface area contributed by atoms with Crippen molar-refractivity contribution in [1.82, 2.24) is 9.38 Å². The average Bonchev–Trinajstić information content (AvgIpc) is 3.21. The Bertz CT molecular complexity index is 983. The van der Waals surface area contributed by atoms with Crippen LogP contribution in [0.15, 0.2) is 35.8 Å². The Labute approximate surface area is 177 Å². The van der Waals surface area contributed by atoms with Gasteiger partial charge < -0.3 is 4.90 Å². The van der Waals surface area contributed by atoms with E-state index in [-0.39, 0.29) is 12.4 Å². The van der Waals surface area contributed by atoms with Gasteiger partial charge in [-0.3, -0.25) is 4.40 Å². The number of hydrogen-bond donors (Lipinski definition) is 0. The third-order valence-electron chi connectivity index (χ3n) is 7.45. The summed E-state index contributed by atoms with van der Waals surface area (Å²) in [4.78, 5) is 8.50. The zero-order chi connectivity index (χ0) is 18.2. The summed E-state index contributed by atoms with van der Waals surface area (Å²) in [6.07, 6.45) is 11.0. The zero-order valence-electron chi connectivity index (χ0n) is 16.6. The fourth-order valence-electron chi connectivity index (χ4n) is 6.61. The van der Waals surface area contributed by atoms with Crippen molar-refractivity contribution in [1.29, 1.82) is 0 Å². The summed E-state index contributed by atoms with van der Waals surface area (Å²) in [7, 11) is 4.20. The minimum Gasteiger partial charge on any atom is -0.378 e. The van der Waals surface area contributed by atoms with Gasteiger partial charge >= 0.3 is 0 Å². The van der Waals surface area contributed by atoms with Gasteiger partial charge in [0.15, 0.2) is 4.96 Å². The smallest absolute Gasteiger partial charge is 0.194 e. The van der Waals surface area contributed by atoms with Gasteiger partial charge in [-0.2, -0.15) is 0 Å². The summed E-state index contributed by atoms with van der Waals surface area (Å²) in [5.41, 5.74) is 5.57. The van der Waals surface area contributed by atoms with Crippen LogP contribution in [0.2, 0.25) is 0 Å². The lowest BCUT2D eigenvalue weighted by molar-refractivity contribution is -0.00696. The molecule has 3 aromatic rings. The first-order valence-corrected chi connectivity index (χ1v) is 11.2. The van der Waals surface area contributed by atoms with Crippen LogP contribution in [0.3, 0.4) is 0 Å². The summed E-state index contributed by atoms with van der Waals surface area (Å²) in [6.45, 7) is 0. The molecule has 0 unspecified atom stereocenters. The highest BCUT2D eigenvalue weighted by atomic mass is 35.5. The number of aromatic nitrogens is 2. The van der Waals surface area contributed by atoms with E-state index in [1.807, 2.05) is 0 Å². The quantitative estimate of drug-likeness (QED) is 0.523. The van der Waals surface area contributed by atoms with Gasteiger partial charge in [-0.05, 0) is 68.4 Å². The SMILES string of the molecule is CN(C)c1cccc(-c2csc3nc(C45CC6CC(CC(C6)C4)C5)cn23)c1.Cl. The number of imidazole rings is 1. The molecule has 0 atom stereocenters. The lowest BCUT2D eigenvalue weighted by Gasteiger charge is -2.56. The number of hydrogen-bond acceptors (Lipinski definition) is 3. The first-order chi connectivity index (χ1) is 13.1. The van der Waals surface area contributed by atoms with Crippen molar-refractivity contribution in [2.45, 2.75) is 43.9 Å². The average molecular weight is 414 g/mol. The number of fused-ring (bicyclic) bond motifs is 1. The second-order valence-corrected chi connectivity index (χ2v) is 10.4. The Morgan fingerprint density at radius 2 is 1.75 bits per heavy atom. The molecule has 4 aliphatic rings. The molecule has 0 N–H and O–H groups in total. The van der Waals surface area contributed by atoms with E-state index in [0.717, 1.165) is 22.7 Å². The Kier molecular flexibility index (Phi) is 4.29. The summed E-state index contributed by atoms with van der Waals surface area (Å²) in [5, 5.41) is 2.26. The molecule has 148 valence electrons. The molecule has 3 nitrogen and oxygen atoms in total. The van der Waals surface area contributed by atoms with Crippen LogP contribution in [-0.2, 0) is 5.41 Å². The van der Waals surface area contributed by atoms with E-state index in [9.17, 15) is 0 Å². The first kappa shape index (κ1) is 18.5. The van der Waals surface area contributed by atoms with Crippen LogP contribution in [0.1, 0.15) is 44.2 Å². The molecule has 1 aromatic carbocycles. The van der Waals surface area contributed by atoms with Crippen molar-refractivity contribution in [3.63, 3.8) is 0 Å². The van der Waals surface area contributed by atoms with E-state index < -0.39 is 0 Å². The molecular weight excluding hydrogens is 386 g/mol. The van der Waals surface area contributed by atoms with Crippen molar-refractivity contribution in [2.24, 2.45) is 17.8 Å². The second-order valence-electron chi connectivity index (χ2n) is 9.54. The zero-order valence-corrected chi connectivity index (χ0v) is 18.2. The molecule has 5 heteroatoms. The molecule has 0 saturated heterocycles. The number of thiazole rings is 1. The molecule has 4 aliphatic carbocycles. The molecular formula is C23H28ClN3S. The summed E-state index contributed by atoms with van der Waals surface area (Å²) in [5.74, 6) is 2.90. The monoisotopic (exact) mass is 413 g/mol. The number of anilines is 1. The van der Waals surface area contributed by atoms with Crippen molar-refractivity contribution in [2.75, 3.05) is 19.0 Å². The minimum atomic E-state index is 0. The van der Waals surface area contributed by atoms with Crippen LogP contribution < -0.4 is 4.90 Å². The predicted octanol–water partition coefficient (Wildman–Crippen LogP) is 6.02. The van der Waals surface area contributed by atoms with Gasteiger partial charge in [0.25, 0.3) is 0 Å². The van der Waals surface area contributed by atoms with Crippen LogP contribution in [0.25, 0.3) is 16.2 Å². The Morgan fingerprint density at radius 3 is 2.39 bits per heavy atom. The molecule has 2 heterocycles. The third kappa shape index (κ3) is 2.72. The van der Waals surface area contributed by atoms with Crippen LogP contribution >= 0.6 is 23.7 Å². The molecule has 0 aliphatic heterocycles. The lowest BCUT2D eigenvalue weighted by Crippen LogP contribution is -2.48. The molecule has 0 radical (unpaired) electrons. The predicted molar refractivity (Wildman–Crippen MR) is 120 cm³/mol. The van der Waals surface area contributed by atoms with Crippen LogP contribution in [0.4, 0.5) is 5.69 Å². The highest BCUT2D eigenvalue weighted by molar-refractivity contribution is 7.15. The third-order valence-corrected chi connectivity index (χ3v) is 8.29. The minimum absolute atomic E-state index is 0. The van der Waals surface area contributed by atoms with Crippen LogP contribution in [-0.4, -0.2) is 23.5 Å². The molecule has 7 rings (SSSR count). The summed E-state index contributed by atoms with van der Waals surface area (Å²) >= 11 is 1.79. The van der Waals surface area contributed by atoms with E-state index in [1.54, 1.807) is 11.3 Å². The topological polar surface area (TPSA) is 20.5 Å². The van der Waals surface area contributed by atoms with Crippen LogP contribution in [0.5, 0.6) is 0 Å². The molecule has 4 saturated carbocycles. The fourth-order valence-corrected chi connectivity index (χ4v) is 7.50. The van der Waals surface area contributed by atoms with Crippen molar-refractivity contribution in [3.8, 4) is 11.3 Å². The molecule has 2 aromatic heterocycles. The van der Waals surface area contributed by atoms with Gasteiger partial charge in [0, 0.05) is 42.3 Å². The number of rotatable bonds is 3. The highest BCUT2D eigenvalue weighted by Crippen LogP contribution is 2.60. The lowest BCUT2D eigenvalue weighted by atomic mass is 9.49. The summed E-state index contributed by atoms with van der Waals surface area (Å²) in [6, 6.07) is 8.83. The largest absolute Gasteiger partial charge is 0.378 e. The van der Waals surface area contributed by atoms with Crippen molar-refractivity contribution < 1.29 is 0 Å². The van der Waals surface area contributed by atoms with E-state index in [1.165, 1.54) is 61.2 Å². The van der Waals surface area contributed by atoms with Gasteiger partial charge in [-0.1, -0.05) is 12.1 Å². The van der Waals surface area contributed by atoms with Gasteiger partial charge in [-0.15, -0.1) is 23.7 Å². The maximum absolute atomic E-state index is 5.18.